The Labute approximate surface area is 244 Å². The van der Waals surface area contributed by atoms with Crippen molar-refractivity contribution in [3.8, 4) is 22.3 Å². The Morgan fingerprint density at radius 2 is 1.74 bits per heavy atom. The van der Waals surface area contributed by atoms with Crippen molar-refractivity contribution < 1.29 is 9.59 Å². The summed E-state index contributed by atoms with van der Waals surface area (Å²) in [5, 5.41) is 10.0. The first-order valence-electron chi connectivity index (χ1n) is 13.9. The lowest BCUT2D eigenvalue weighted by atomic mass is 9.93. The van der Waals surface area contributed by atoms with Gasteiger partial charge in [0.2, 0.25) is 5.91 Å². The molecule has 2 heterocycles. The number of rotatable bonds is 8. The van der Waals surface area contributed by atoms with Crippen molar-refractivity contribution in [2.24, 2.45) is 0 Å². The number of carbonyl (C=O) groups is 2. The van der Waals surface area contributed by atoms with E-state index in [0.717, 1.165) is 38.8 Å². The molecule has 8 nitrogen and oxygen atoms in total. The molecule has 0 atom stereocenters. The van der Waals surface area contributed by atoms with E-state index in [2.05, 4.69) is 37.0 Å². The molecule has 1 aliphatic carbocycles. The third kappa shape index (κ3) is 5.60. The molecular weight excluding hydrogens is 524 g/mol. The van der Waals surface area contributed by atoms with Gasteiger partial charge in [0.05, 0.1) is 11.2 Å². The van der Waals surface area contributed by atoms with E-state index >= 15 is 0 Å². The molecule has 1 aliphatic rings. The van der Waals surface area contributed by atoms with Gasteiger partial charge in [0.1, 0.15) is 12.1 Å². The molecule has 3 N–H and O–H groups in total. The first-order chi connectivity index (χ1) is 20.5. The third-order valence-electron chi connectivity index (χ3n) is 7.34. The summed E-state index contributed by atoms with van der Waals surface area (Å²) in [4.78, 5) is 38.4. The summed E-state index contributed by atoms with van der Waals surface area (Å²) in [6.07, 6.45) is 10.6. The van der Waals surface area contributed by atoms with Gasteiger partial charge in [-0.25, -0.2) is 15.0 Å². The molecule has 208 valence electrons. The highest BCUT2D eigenvalue weighted by atomic mass is 16.2. The smallest absolute Gasteiger partial charge is 0.256 e. The predicted octanol–water partition coefficient (Wildman–Crippen LogP) is 7.04. The number of allylic oxidation sites excluding steroid dienone is 1. The Kier molecular flexibility index (Phi) is 7.43. The number of nitrogens with one attached hydrogen (secondary N) is 3. The second kappa shape index (κ2) is 11.6. The lowest BCUT2D eigenvalue weighted by molar-refractivity contribution is -0.111. The van der Waals surface area contributed by atoms with Gasteiger partial charge in [0.15, 0.2) is 0 Å². The molecule has 2 aromatic heterocycles. The Balaban J connectivity index is 1.35. The number of amides is 2. The minimum Gasteiger partial charge on any atom is -0.387 e. The van der Waals surface area contributed by atoms with Crippen LogP contribution in [0.2, 0.25) is 0 Å². The van der Waals surface area contributed by atoms with Crippen LogP contribution in [0.3, 0.4) is 0 Å². The normalized spacial score (nSPS) is 12.8. The number of carbonyl (C=O) groups excluding carboxylic acids is 2. The number of anilines is 3. The summed E-state index contributed by atoms with van der Waals surface area (Å²) < 4.78 is 0. The molecule has 42 heavy (non-hydrogen) atoms. The van der Waals surface area contributed by atoms with Crippen LogP contribution >= 0.6 is 0 Å². The molecule has 8 heteroatoms. The van der Waals surface area contributed by atoms with Gasteiger partial charge in [0, 0.05) is 47.2 Å². The van der Waals surface area contributed by atoms with Crippen molar-refractivity contribution in [2.45, 2.75) is 25.7 Å². The fourth-order valence-electron chi connectivity index (χ4n) is 5.15. The molecule has 0 saturated heterocycles. The number of hydrogen-bond donors (Lipinski definition) is 3. The van der Waals surface area contributed by atoms with Crippen LogP contribution in [0.1, 0.15) is 41.6 Å². The van der Waals surface area contributed by atoms with Gasteiger partial charge in [0.25, 0.3) is 5.91 Å². The molecule has 1 saturated carbocycles. The molecule has 0 spiro atoms. The Morgan fingerprint density at radius 3 is 2.50 bits per heavy atom. The first-order valence-corrected chi connectivity index (χ1v) is 13.9. The molecular formula is C34H30N6O2. The monoisotopic (exact) mass is 554 g/mol. The van der Waals surface area contributed by atoms with Gasteiger partial charge >= 0.3 is 0 Å². The molecule has 0 bridgehead atoms. The van der Waals surface area contributed by atoms with E-state index in [4.69, 9.17) is 0 Å². The van der Waals surface area contributed by atoms with Crippen LogP contribution in [0.4, 0.5) is 17.2 Å². The predicted molar refractivity (Wildman–Crippen MR) is 168 cm³/mol. The van der Waals surface area contributed by atoms with E-state index in [1.54, 1.807) is 25.4 Å². The van der Waals surface area contributed by atoms with Gasteiger partial charge in [-0.05, 0) is 90.9 Å². The average molecular weight is 555 g/mol. The fraction of sp³-hybridized carbons (Fsp3) is 0.147. The maximum Gasteiger partial charge on any atom is 0.256 e. The summed E-state index contributed by atoms with van der Waals surface area (Å²) in [5.41, 5.74) is 7.76. The molecule has 2 amide bonds. The van der Waals surface area contributed by atoms with Gasteiger partial charge < -0.3 is 16.0 Å². The van der Waals surface area contributed by atoms with Crippen LogP contribution in [0.25, 0.3) is 33.2 Å². The maximum atomic E-state index is 13.0. The van der Waals surface area contributed by atoms with Crippen molar-refractivity contribution in [1.29, 1.82) is 0 Å². The maximum absolute atomic E-state index is 13.0. The van der Waals surface area contributed by atoms with E-state index in [9.17, 15) is 9.59 Å². The van der Waals surface area contributed by atoms with Crippen LogP contribution in [0, 0.1) is 0 Å². The number of nitrogens with zero attached hydrogens (tertiary/aromatic N) is 3. The highest BCUT2D eigenvalue weighted by Gasteiger charge is 2.24. The average Bonchev–Trinajstić information content (AvgIpc) is 3.87. The molecule has 0 unspecified atom stereocenters. The van der Waals surface area contributed by atoms with Gasteiger partial charge in [-0.3, -0.25) is 9.59 Å². The van der Waals surface area contributed by atoms with Crippen molar-refractivity contribution in [2.75, 3.05) is 23.0 Å². The lowest BCUT2D eigenvalue weighted by Crippen LogP contribution is -2.13. The van der Waals surface area contributed by atoms with Crippen molar-refractivity contribution in [3.63, 3.8) is 0 Å². The van der Waals surface area contributed by atoms with Crippen molar-refractivity contribution in [3.05, 3.63) is 109 Å². The van der Waals surface area contributed by atoms with Gasteiger partial charge in [-0.15, -0.1) is 0 Å². The van der Waals surface area contributed by atoms with Crippen molar-refractivity contribution in [1.82, 2.24) is 15.0 Å². The Morgan fingerprint density at radius 1 is 0.905 bits per heavy atom. The van der Waals surface area contributed by atoms with E-state index in [1.165, 1.54) is 30.8 Å². The Bertz CT molecular complexity index is 1830. The van der Waals surface area contributed by atoms with E-state index in [-0.39, 0.29) is 11.8 Å². The number of pyridine rings is 1. The molecule has 5 aromatic rings. The summed E-state index contributed by atoms with van der Waals surface area (Å²) in [5.74, 6) is 0.749. The molecule has 0 radical (unpaired) electrons. The van der Waals surface area contributed by atoms with Crippen LogP contribution in [-0.2, 0) is 4.79 Å². The van der Waals surface area contributed by atoms with Crippen LogP contribution in [-0.4, -0.2) is 33.8 Å². The zero-order valence-electron chi connectivity index (χ0n) is 23.4. The number of hydrogen-bond acceptors (Lipinski definition) is 6. The second-order valence-corrected chi connectivity index (χ2v) is 10.2. The topological polar surface area (TPSA) is 109 Å². The summed E-state index contributed by atoms with van der Waals surface area (Å²) >= 11 is 0. The highest BCUT2D eigenvalue weighted by Crippen LogP contribution is 2.41. The summed E-state index contributed by atoms with van der Waals surface area (Å²) in [6, 6.07) is 21.2. The first kappa shape index (κ1) is 26.8. The minimum absolute atomic E-state index is 0.191. The molecule has 3 aromatic carbocycles. The van der Waals surface area contributed by atoms with Gasteiger partial charge in [-0.1, -0.05) is 30.3 Å². The zero-order chi connectivity index (χ0) is 29.1. The van der Waals surface area contributed by atoms with E-state index in [1.807, 2.05) is 67.7 Å². The minimum atomic E-state index is -0.208. The van der Waals surface area contributed by atoms with Crippen LogP contribution in [0.15, 0.2) is 97.6 Å². The van der Waals surface area contributed by atoms with E-state index in [0.29, 0.717) is 23.0 Å². The number of fused-ring (bicyclic) bond motifs is 1. The standard InChI is InChI=1S/C34H30N6O2/c1-3-5-31(41)39-26-7-4-6-25(16-26)28-18-27(32(35-2)29-19-36-20-38-33(28)29)22-10-12-23(13-11-22)34(42)40-30-17-24(14-15-37-30)21-8-9-21/h3-7,10-21,35H,8-9H2,1-2H3,(H,39,41)(H,37,40,42)/b5-3+. The zero-order valence-corrected chi connectivity index (χ0v) is 23.4. The van der Waals surface area contributed by atoms with Gasteiger partial charge in [-0.2, -0.15) is 0 Å². The third-order valence-corrected chi connectivity index (χ3v) is 7.34. The number of aromatic nitrogens is 3. The molecule has 6 rings (SSSR count). The fourth-order valence-corrected chi connectivity index (χ4v) is 5.15. The molecule has 1 fully saturated rings. The largest absolute Gasteiger partial charge is 0.387 e. The van der Waals surface area contributed by atoms with Crippen LogP contribution in [0.5, 0.6) is 0 Å². The highest BCUT2D eigenvalue weighted by molar-refractivity contribution is 6.08. The van der Waals surface area contributed by atoms with E-state index < -0.39 is 0 Å². The number of benzene rings is 3. The van der Waals surface area contributed by atoms with Crippen LogP contribution < -0.4 is 16.0 Å². The Hall–Kier alpha value is -5.37. The quantitative estimate of drug-likeness (QED) is 0.178. The summed E-state index contributed by atoms with van der Waals surface area (Å²) in [6.45, 7) is 1.80. The summed E-state index contributed by atoms with van der Waals surface area (Å²) in [7, 11) is 1.87. The van der Waals surface area contributed by atoms with Crippen molar-refractivity contribution >= 4 is 39.9 Å². The molecule has 0 aliphatic heterocycles. The lowest BCUT2D eigenvalue weighted by Gasteiger charge is -2.17. The SMILES string of the molecule is C/C=C/C(=O)Nc1cccc(-c2cc(-c3ccc(C(=O)Nc4cc(C5CC5)ccn4)cc3)c(NC)c3cncnc23)c1. The second-order valence-electron chi connectivity index (χ2n) is 10.2.